The molecule has 0 aromatic carbocycles. The van der Waals surface area contributed by atoms with Crippen LogP contribution in [0.2, 0.25) is 0 Å². The summed E-state index contributed by atoms with van der Waals surface area (Å²) in [6.07, 6.45) is 11.3. The standard InChI is InChI=1S/C27H41N3O4S/c1-4-14-28(15-5-2)24(32)21-20-12-13-27(35-20)22(21)25(33)30(17-18-31)23(27)26(34)29(16-6-3)19-10-8-7-9-11-19/h4,6,19-23,31H,1,3,5,7-18H2,2H3/t20-,21+,22-,23?,27?/m0/s1. The number of rotatable bonds is 11. The highest BCUT2D eigenvalue weighted by molar-refractivity contribution is 8.02. The minimum Gasteiger partial charge on any atom is -0.395 e. The molecule has 2 unspecified atom stereocenters. The van der Waals surface area contributed by atoms with Crippen LogP contribution in [0.5, 0.6) is 0 Å². The Morgan fingerprint density at radius 3 is 2.49 bits per heavy atom. The van der Waals surface area contributed by atoms with Crippen molar-refractivity contribution in [1.29, 1.82) is 0 Å². The number of aliphatic hydroxyl groups excluding tert-OH is 1. The van der Waals surface area contributed by atoms with E-state index < -0.39 is 22.6 Å². The van der Waals surface area contributed by atoms with Crippen molar-refractivity contribution in [3.05, 3.63) is 25.3 Å². The molecule has 1 N–H and O–H groups in total. The van der Waals surface area contributed by atoms with E-state index >= 15 is 0 Å². The van der Waals surface area contributed by atoms with Crippen molar-refractivity contribution in [1.82, 2.24) is 14.7 Å². The number of nitrogens with zero attached hydrogens (tertiary/aromatic N) is 3. The molecule has 194 valence electrons. The smallest absolute Gasteiger partial charge is 0.247 e. The molecule has 1 spiro atoms. The zero-order valence-corrected chi connectivity index (χ0v) is 21.9. The number of carbonyl (C=O) groups is 3. The Hall–Kier alpha value is -1.80. The number of amides is 3. The van der Waals surface area contributed by atoms with Gasteiger partial charge in [0.25, 0.3) is 0 Å². The summed E-state index contributed by atoms with van der Waals surface area (Å²) < 4.78 is -0.603. The van der Waals surface area contributed by atoms with Crippen LogP contribution in [0.4, 0.5) is 0 Å². The summed E-state index contributed by atoms with van der Waals surface area (Å²) in [6, 6.07) is -0.481. The second kappa shape index (κ2) is 11.1. The lowest BCUT2D eigenvalue weighted by atomic mass is 9.70. The summed E-state index contributed by atoms with van der Waals surface area (Å²) in [4.78, 5) is 47.3. The molecule has 3 heterocycles. The Morgan fingerprint density at radius 2 is 1.86 bits per heavy atom. The van der Waals surface area contributed by atoms with E-state index in [4.69, 9.17) is 0 Å². The van der Waals surface area contributed by atoms with Crippen molar-refractivity contribution in [2.24, 2.45) is 11.8 Å². The van der Waals surface area contributed by atoms with Gasteiger partial charge in [-0.2, -0.15) is 0 Å². The molecule has 3 saturated heterocycles. The SMILES string of the molecule is C=CCN(CCC)C(=O)[C@@H]1[C@@H]2CCC3(S2)C(C(=O)N(CC=C)C2CCCCC2)N(CCO)C(=O)[C@H]13. The highest BCUT2D eigenvalue weighted by Gasteiger charge is 2.74. The van der Waals surface area contributed by atoms with E-state index in [2.05, 4.69) is 13.2 Å². The van der Waals surface area contributed by atoms with Crippen molar-refractivity contribution in [2.75, 3.05) is 32.8 Å². The van der Waals surface area contributed by atoms with Crippen molar-refractivity contribution < 1.29 is 19.5 Å². The maximum absolute atomic E-state index is 14.3. The van der Waals surface area contributed by atoms with Crippen molar-refractivity contribution in [3.63, 3.8) is 0 Å². The van der Waals surface area contributed by atoms with Crippen LogP contribution in [0.1, 0.15) is 58.3 Å². The van der Waals surface area contributed by atoms with Gasteiger partial charge in [-0.05, 0) is 32.1 Å². The highest BCUT2D eigenvalue weighted by Crippen LogP contribution is 2.66. The van der Waals surface area contributed by atoms with Gasteiger partial charge in [0.05, 0.1) is 23.2 Å². The second-order valence-electron chi connectivity index (χ2n) is 10.5. The molecule has 0 aromatic heterocycles. The second-order valence-corrected chi connectivity index (χ2v) is 12.1. The zero-order valence-electron chi connectivity index (χ0n) is 21.1. The third kappa shape index (κ3) is 4.45. The van der Waals surface area contributed by atoms with Gasteiger partial charge in [0.15, 0.2) is 0 Å². The van der Waals surface area contributed by atoms with E-state index in [1.54, 1.807) is 28.8 Å². The normalized spacial score (nSPS) is 31.9. The van der Waals surface area contributed by atoms with Crippen molar-refractivity contribution >= 4 is 29.5 Å². The van der Waals surface area contributed by atoms with Crippen LogP contribution in [0.15, 0.2) is 25.3 Å². The average molecular weight is 504 g/mol. The summed E-state index contributed by atoms with van der Waals surface area (Å²) in [6.45, 7) is 11.2. The molecular weight excluding hydrogens is 462 g/mol. The molecule has 4 aliphatic rings. The van der Waals surface area contributed by atoms with Crippen molar-refractivity contribution in [3.8, 4) is 0 Å². The number of likely N-dealkylation sites (tertiary alicyclic amines) is 1. The van der Waals surface area contributed by atoms with Crippen LogP contribution in [-0.4, -0.2) is 92.4 Å². The molecule has 5 atom stereocenters. The fourth-order valence-corrected chi connectivity index (χ4v) is 9.30. The predicted octanol–water partition coefficient (Wildman–Crippen LogP) is 2.84. The first-order valence-corrected chi connectivity index (χ1v) is 14.2. The summed E-state index contributed by atoms with van der Waals surface area (Å²) in [5.74, 6) is -1.09. The molecule has 3 aliphatic heterocycles. The summed E-state index contributed by atoms with van der Waals surface area (Å²) >= 11 is 1.70. The molecule has 2 bridgehead atoms. The number of fused-ring (bicyclic) bond motifs is 1. The van der Waals surface area contributed by atoms with Gasteiger partial charge in [-0.1, -0.05) is 38.3 Å². The lowest BCUT2D eigenvalue weighted by molar-refractivity contribution is -0.145. The molecule has 0 radical (unpaired) electrons. The van der Waals surface area contributed by atoms with Gasteiger partial charge in [-0.15, -0.1) is 24.9 Å². The molecule has 35 heavy (non-hydrogen) atoms. The maximum atomic E-state index is 14.3. The fourth-order valence-electron chi connectivity index (χ4n) is 7.10. The molecule has 0 aromatic rings. The number of hydrogen-bond acceptors (Lipinski definition) is 5. The molecule has 1 aliphatic carbocycles. The lowest BCUT2D eigenvalue weighted by Crippen LogP contribution is -2.57. The fraction of sp³-hybridized carbons (Fsp3) is 0.741. The maximum Gasteiger partial charge on any atom is 0.247 e. The average Bonchev–Trinajstić information content (AvgIpc) is 3.50. The van der Waals surface area contributed by atoms with E-state index in [0.29, 0.717) is 19.6 Å². The van der Waals surface area contributed by atoms with E-state index in [9.17, 15) is 19.5 Å². The number of carbonyl (C=O) groups excluding carboxylic acids is 3. The van der Waals surface area contributed by atoms with Gasteiger partial charge in [-0.3, -0.25) is 14.4 Å². The first kappa shape index (κ1) is 26.3. The van der Waals surface area contributed by atoms with E-state index in [1.165, 1.54) is 6.42 Å². The third-order valence-electron chi connectivity index (χ3n) is 8.44. The molecule has 4 rings (SSSR count). The lowest BCUT2D eigenvalue weighted by Gasteiger charge is -2.41. The first-order chi connectivity index (χ1) is 16.9. The first-order valence-electron chi connectivity index (χ1n) is 13.3. The Labute approximate surface area is 214 Å². The molecule has 3 amide bonds. The zero-order chi connectivity index (χ0) is 25.2. The Morgan fingerprint density at radius 1 is 1.14 bits per heavy atom. The molecule has 4 fully saturated rings. The highest BCUT2D eigenvalue weighted by atomic mass is 32.2. The largest absolute Gasteiger partial charge is 0.395 e. The van der Waals surface area contributed by atoms with Gasteiger partial charge >= 0.3 is 0 Å². The molecular formula is C27H41N3O4S. The minimum atomic E-state index is -0.638. The van der Waals surface area contributed by atoms with Crippen LogP contribution in [0.3, 0.4) is 0 Å². The van der Waals surface area contributed by atoms with Gasteiger partial charge < -0.3 is 19.8 Å². The van der Waals surface area contributed by atoms with Gasteiger partial charge in [0, 0.05) is 37.5 Å². The Bertz CT molecular complexity index is 844. The minimum absolute atomic E-state index is 0.0106. The molecule has 7 nitrogen and oxygen atoms in total. The van der Waals surface area contributed by atoms with Gasteiger partial charge in [-0.25, -0.2) is 0 Å². The predicted molar refractivity (Wildman–Crippen MR) is 139 cm³/mol. The van der Waals surface area contributed by atoms with E-state index in [0.717, 1.165) is 44.9 Å². The Kier molecular flexibility index (Phi) is 8.31. The van der Waals surface area contributed by atoms with E-state index in [1.807, 2.05) is 16.7 Å². The van der Waals surface area contributed by atoms with Crippen molar-refractivity contribution in [2.45, 2.75) is 80.4 Å². The third-order valence-corrected chi connectivity index (χ3v) is 10.4. The quantitative estimate of drug-likeness (QED) is 0.439. The monoisotopic (exact) mass is 503 g/mol. The number of thioether (sulfide) groups is 1. The van der Waals surface area contributed by atoms with Crippen LogP contribution in [0, 0.1) is 11.8 Å². The Balaban J connectivity index is 1.69. The van der Waals surface area contributed by atoms with E-state index in [-0.39, 0.29) is 42.2 Å². The van der Waals surface area contributed by atoms with Crippen LogP contribution in [-0.2, 0) is 14.4 Å². The van der Waals surface area contributed by atoms with Gasteiger partial charge in [0.1, 0.15) is 6.04 Å². The summed E-state index contributed by atoms with van der Waals surface area (Å²) in [5.41, 5.74) is 0. The number of aliphatic hydroxyl groups is 1. The topological polar surface area (TPSA) is 81.2 Å². The molecule has 8 heteroatoms. The van der Waals surface area contributed by atoms with Crippen LogP contribution in [0.25, 0.3) is 0 Å². The summed E-state index contributed by atoms with van der Waals surface area (Å²) in [7, 11) is 0. The van der Waals surface area contributed by atoms with Crippen LogP contribution < -0.4 is 0 Å². The van der Waals surface area contributed by atoms with Crippen LogP contribution >= 0.6 is 11.8 Å². The number of hydrogen-bond donors (Lipinski definition) is 1. The number of β-amino-alcohol motifs (C(OH)–C–C–N with tert-alkyl or cyclic N) is 1. The van der Waals surface area contributed by atoms with Gasteiger partial charge in [0.2, 0.25) is 17.7 Å². The molecule has 1 saturated carbocycles. The summed E-state index contributed by atoms with van der Waals surface area (Å²) in [5, 5.41) is 9.89.